The number of carbonyl (C=O) groups is 2. The first-order valence-corrected chi connectivity index (χ1v) is 9.25. The summed E-state index contributed by atoms with van der Waals surface area (Å²) in [5.74, 6) is -0.00624. The van der Waals surface area contributed by atoms with Gasteiger partial charge in [0, 0.05) is 16.2 Å². The van der Waals surface area contributed by atoms with Gasteiger partial charge in [0.1, 0.15) is 16.3 Å². The maximum Gasteiger partial charge on any atom is 0.341 e. The zero-order valence-corrected chi connectivity index (χ0v) is 15.8. The number of amides is 1. The van der Waals surface area contributed by atoms with Crippen molar-refractivity contribution in [1.29, 1.82) is 0 Å². The molecule has 5 nitrogen and oxygen atoms in total. The van der Waals surface area contributed by atoms with Crippen LogP contribution in [0.1, 0.15) is 22.8 Å². The second-order valence-corrected chi connectivity index (χ2v) is 6.67. The van der Waals surface area contributed by atoms with Crippen molar-refractivity contribution in [2.45, 2.75) is 6.92 Å². The molecule has 0 bridgehead atoms. The highest BCUT2D eigenvalue weighted by Gasteiger charge is 2.20. The molecule has 0 radical (unpaired) electrons. The van der Waals surface area contributed by atoms with E-state index in [1.807, 2.05) is 48.5 Å². The summed E-state index contributed by atoms with van der Waals surface area (Å²) in [5, 5.41) is 4.06. The number of hydrogen-bond donors (Lipinski definition) is 1. The van der Waals surface area contributed by atoms with E-state index in [-0.39, 0.29) is 12.5 Å². The van der Waals surface area contributed by atoms with Gasteiger partial charge in [0.05, 0.1) is 13.7 Å². The quantitative estimate of drug-likeness (QED) is 0.495. The van der Waals surface area contributed by atoms with E-state index in [0.29, 0.717) is 10.6 Å². The van der Waals surface area contributed by atoms with Gasteiger partial charge in [0.15, 0.2) is 0 Å². The van der Waals surface area contributed by atoms with Gasteiger partial charge < -0.3 is 14.8 Å². The Labute approximate surface area is 161 Å². The molecule has 1 aromatic heterocycles. The number of methoxy groups -OCH3 is 1. The minimum absolute atomic E-state index is 0.272. The molecule has 0 aliphatic rings. The summed E-state index contributed by atoms with van der Waals surface area (Å²) in [6.45, 7) is 2.02. The van der Waals surface area contributed by atoms with Gasteiger partial charge in [-0.05, 0) is 36.8 Å². The van der Waals surface area contributed by atoms with Crippen LogP contribution < -0.4 is 10.1 Å². The van der Waals surface area contributed by atoms with Crippen LogP contribution in [0.5, 0.6) is 5.75 Å². The summed E-state index contributed by atoms with van der Waals surface area (Å²) in [6.07, 6.45) is 3.13. The Bertz CT molecular complexity index is 989. The largest absolute Gasteiger partial charge is 0.497 e. The van der Waals surface area contributed by atoms with Crippen LogP contribution in [0.15, 0.2) is 54.6 Å². The number of carbonyl (C=O) groups excluding carboxylic acids is 2. The van der Waals surface area contributed by atoms with Crippen LogP contribution in [-0.2, 0) is 9.53 Å². The van der Waals surface area contributed by atoms with E-state index in [0.717, 1.165) is 21.4 Å². The van der Waals surface area contributed by atoms with Crippen LogP contribution in [0.3, 0.4) is 0 Å². The molecular weight excluding hydrogens is 362 g/mol. The first kappa shape index (κ1) is 18.7. The lowest BCUT2D eigenvalue weighted by molar-refractivity contribution is -0.111. The predicted octanol–water partition coefficient (Wildman–Crippen LogP) is 4.74. The fraction of sp³-hybridized carbons (Fsp3) is 0.143. The van der Waals surface area contributed by atoms with E-state index in [4.69, 9.17) is 9.47 Å². The van der Waals surface area contributed by atoms with E-state index in [9.17, 15) is 9.59 Å². The molecule has 3 aromatic rings. The molecule has 0 fully saturated rings. The molecule has 3 rings (SSSR count). The van der Waals surface area contributed by atoms with E-state index < -0.39 is 5.97 Å². The predicted molar refractivity (Wildman–Crippen MR) is 108 cm³/mol. The molecule has 138 valence electrons. The van der Waals surface area contributed by atoms with Crippen LogP contribution in [0.4, 0.5) is 5.00 Å². The van der Waals surface area contributed by atoms with E-state index in [1.165, 1.54) is 17.4 Å². The molecule has 1 amide bonds. The SMILES string of the molecule is CCOC(=O)c1c(NC(=O)C=Cc2ccc(OC)cc2)sc2ccccc12. The highest BCUT2D eigenvalue weighted by atomic mass is 32.1. The zero-order valence-electron chi connectivity index (χ0n) is 15.0. The van der Waals surface area contributed by atoms with Gasteiger partial charge in [-0.2, -0.15) is 0 Å². The highest BCUT2D eigenvalue weighted by Crippen LogP contribution is 2.36. The van der Waals surface area contributed by atoms with E-state index >= 15 is 0 Å². The first-order chi connectivity index (χ1) is 13.1. The molecule has 1 N–H and O–H groups in total. The Morgan fingerprint density at radius 1 is 1.11 bits per heavy atom. The van der Waals surface area contributed by atoms with Gasteiger partial charge in [-0.25, -0.2) is 4.79 Å². The smallest absolute Gasteiger partial charge is 0.341 e. The van der Waals surface area contributed by atoms with Crippen molar-refractivity contribution in [3.8, 4) is 5.75 Å². The molecule has 0 aliphatic heterocycles. The van der Waals surface area contributed by atoms with Gasteiger partial charge in [-0.3, -0.25) is 4.79 Å². The molecule has 6 heteroatoms. The van der Waals surface area contributed by atoms with Gasteiger partial charge in [0.2, 0.25) is 5.91 Å². The topological polar surface area (TPSA) is 64.6 Å². The van der Waals surface area contributed by atoms with Crippen molar-refractivity contribution in [3.05, 3.63) is 65.7 Å². The van der Waals surface area contributed by atoms with Crippen LogP contribution in [0.25, 0.3) is 16.2 Å². The summed E-state index contributed by atoms with van der Waals surface area (Å²) in [7, 11) is 1.60. The lowest BCUT2D eigenvalue weighted by Gasteiger charge is -2.05. The number of benzene rings is 2. The number of nitrogens with one attached hydrogen (secondary N) is 1. The van der Waals surface area contributed by atoms with Gasteiger partial charge in [0.25, 0.3) is 0 Å². The highest BCUT2D eigenvalue weighted by molar-refractivity contribution is 7.23. The monoisotopic (exact) mass is 381 g/mol. The van der Waals surface area contributed by atoms with Crippen LogP contribution in [-0.4, -0.2) is 25.6 Å². The molecule has 0 atom stereocenters. The van der Waals surface area contributed by atoms with E-state index in [1.54, 1.807) is 20.1 Å². The maximum atomic E-state index is 12.4. The van der Waals surface area contributed by atoms with Crippen molar-refractivity contribution in [1.82, 2.24) is 0 Å². The minimum atomic E-state index is -0.440. The first-order valence-electron chi connectivity index (χ1n) is 8.44. The number of thiophene rings is 1. The van der Waals surface area contributed by atoms with Gasteiger partial charge in [-0.15, -0.1) is 11.3 Å². The van der Waals surface area contributed by atoms with Crippen LogP contribution in [0.2, 0.25) is 0 Å². The second-order valence-electron chi connectivity index (χ2n) is 5.62. The third kappa shape index (κ3) is 4.35. The molecule has 0 unspecified atom stereocenters. The molecule has 1 heterocycles. The van der Waals surface area contributed by atoms with Crippen LogP contribution >= 0.6 is 11.3 Å². The number of anilines is 1. The molecule has 27 heavy (non-hydrogen) atoms. The fourth-order valence-corrected chi connectivity index (χ4v) is 3.67. The molecular formula is C21H19NO4S. The Balaban J connectivity index is 1.82. The summed E-state index contributed by atoms with van der Waals surface area (Å²) < 4.78 is 11.2. The fourth-order valence-electron chi connectivity index (χ4n) is 2.58. The van der Waals surface area contributed by atoms with Crippen molar-refractivity contribution in [2.24, 2.45) is 0 Å². The average molecular weight is 381 g/mol. The lowest BCUT2D eigenvalue weighted by atomic mass is 10.1. The summed E-state index contributed by atoms with van der Waals surface area (Å²) in [4.78, 5) is 24.7. The summed E-state index contributed by atoms with van der Waals surface area (Å²) in [6, 6.07) is 14.9. The van der Waals surface area contributed by atoms with Crippen molar-refractivity contribution in [3.63, 3.8) is 0 Å². The number of hydrogen-bond acceptors (Lipinski definition) is 5. The van der Waals surface area contributed by atoms with E-state index in [2.05, 4.69) is 5.32 Å². The molecule has 0 saturated heterocycles. The normalized spacial score (nSPS) is 10.9. The summed E-state index contributed by atoms with van der Waals surface area (Å²) in [5.41, 5.74) is 1.26. The van der Waals surface area contributed by atoms with Crippen molar-refractivity contribution < 1.29 is 19.1 Å². The molecule has 0 aliphatic carbocycles. The van der Waals surface area contributed by atoms with Crippen LogP contribution in [0, 0.1) is 0 Å². The van der Waals surface area contributed by atoms with Gasteiger partial charge in [-0.1, -0.05) is 30.3 Å². The number of esters is 1. The number of rotatable bonds is 6. The zero-order chi connectivity index (χ0) is 19.2. The number of ether oxygens (including phenoxy) is 2. The third-order valence-electron chi connectivity index (χ3n) is 3.85. The Morgan fingerprint density at radius 2 is 1.85 bits per heavy atom. The third-order valence-corrected chi connectivity index (χ3v) is 4.94. The maximum absolute atomic E-state index is 12.4. The molecule has 0 spiro atoms. The molecule has 0 saturated carbocycles. The average Bonchev–Trinajstić information content (AvgIpc) is 3.04. The minimum Gasteiger partial charge on any atom is -0.497 e. The van der Waals surface area contributed by atoms with Crippen molar-refractivity contribution in [2.75, 3.05) is 19.0 Å². The standard InChI is InChI=1S/C21H19NO4S/c1-3-26-21(24)19-16-6-4-5-7-17(16)27-20(19)22-18(23)13-10-14-8-11-15(25-2)12-9-14/h4-13H,3H2,1-2H3,(H,22,23). The Hall–Kier alpha value is -3.12. The Kier molecular flexibility index (Phi) is 5.88. The number of fused-ring (bicyclic) bond motifs is 1. The molecule has 2 aromatic carbocycles. The lowest BCUT2D eigenvalue weighted by Crippen LogP contribution is -2.12. The summed E-state index contributed by atoms with van der Waals surface area (Å²) >= 11 is 1.35. The van der Waals surface area contributed by atoms with Crippen molar-refractivity contribution >= 4 is 44.4 Å². The Morgan fingerprint density at radius 3 is 2.56 bits per heavy atom. The van der Waals surface area contributed by atoms with Gasteiger partial charge >= 0.3 is 5.97 Å². The second kappa shape index (κ2) is 8.51.